The van der Waals surface area contributed by atoms with E-state index in [1.54, 1.807) is 6.92 Å². The predicted octanol–water partition coefficient (Wildman–Crippen LogP) is 5.25. The lowest BCUT2D eigenvalue weighted by atomic mass is 9.97. The van der Waals surface area contributed by atoms with Gasteiger partial charge in [0.05, 0.1) is 22.2 Å². The summed E-state index contributed by atoms with van der Waals surface area (Å²) >= 11 is 12.4. The topological polar surface area (TPSA) is 92.3 Å². The van der Waals surface area contributed by atoms with Crippen molar-refractivity contribution >= 4 is 29.0 Å². The molecule has 0 saturated carbocycles. The zero-order chi connectivity index (χ0) is 22.4. The highest BCUT2D eigenvalue weighted by atomic mass is 35.5. The first-order valence-corrected chi connectivity index (χ1v) is 10.6. The molecule has 0 aliphatic carbocycles. The van der Waals surface area contributed by atoms with Crippen LogP contribution in [0.25, 0.3) is 0 Å². The number of carbonyl (C=O) groups is 1. The van der Waals surface area contributed by atoms with Gasteiger partial charge in [-0.15, -0.1) is 0 Å². The molecule has 1 aromatic heterocycles. The number of hydrogen-bond acceptors (Lipinski definition) is 5. The molecule has 0 unspecified atom stereocenters. The third kappa shape index (κ3) is 4.80. The second-order valence-corrected chi connectivity index (χ2v) is 7.67. The van der Waals surface area contributed by atoms with Crippen molar-refractivity contribution in [3.8, 4) is 17.7 Å². The van der Waals surface area contributed by atoms with E-state index in [0.29, 0.717) is 13.0 Å². The number of rotatable bonds is 9. The first-order chi connectivity index (χ1) is 14.3. The average molecular weight is 451 g/mol. The van der Waals surface area contributed by atoms with Crippen molar-refractivity contribution in [2.45, 2.75) is 53.0 Å². The number of aromatic hydroxyl groups is 1. The van der Waals surface area contributed by atoms with Crippen LogP contribution in [0.4, 0.5) is 0 Å². The maximum Gasteiger partial charge on any atom is 0.271 e. The standard InChI is InChI=1S/C22H24Cl2N2O4/c1-4-6-7-8-9-26-21(28)15(12-25)13(3)18(22(26)29)19(27)14-10-16(23)20(30-5-2)17(24)11-14/h10-11,29H,4-9H2,1-3H3. The maximum absolute atomic E-state index is 13.2. The quantitative estimate of drug-likeness (QED) is 0.415. The van der Waals surface area contributed by atoms with Gasteiger partial charge < -0.3 is 9.84 Å². The van der Waals surface area contributed by atoms with Crippen molar-refractivity contribution in [2.75, 3.05) is 6.61 Å². The van der Waals surface area contributed by atoms with Crippen molar-refractivity contribution in [2.24, 2.45) is 0 Å². The molecule has 160 valence electrons. The number of nitrogens with zero attached hydrogens (tertiary/aromatic N) is 2. The Morgan fingerprint density at radius 3 is 2.37 bits per heavy atom. The number of benzene rings is 1. The van der Waals surface area contributed by atoms with Crippen LogP contribution in [-0.2, 0) is 6.54 Å². The molecule has 0 radical (unpaired) electrons. The molecule has 0 spiro atoms. The van der Waals surface area contributed by atoms with E-state index in [1.165, 1.54) is 19.1 Å². The molecule has 2 aromatic rings. The second kappa shape index (κ2) is 10.5. The van der Waals surface area contributed by atoms with Gasteiger partial charge in [-0.05, 0) is 38.0 Å². The van der Waals surface area contributed by atoms with Crippen LogP contribution in [-0.4, -0.2) is 22.1 Å². The van der Waals surface area contributed by atoms with Crippen LogP contribution in [0.3, 0.4) is 0 Å². The van der Waals surface area contributed by atoms with E-state index in [1.807, 2.05) is 6.07 Å². The Labute approximate surface area is 185 Å². The molecule has 1 aromatic carbocycles. The minimum absolute atomic E-state index is 0.113. The lowest BCUT2D eigenvalue weighted by Gasteiger charge is -2.16. The molecule has 0 atom stereocenters. The Morgan fingerprint density at radius 1 is 1.20 bits per heavy atom. The first kappa shape index (κ1) is 23.8. The number of carbonyl (C=O) groups excluding carboxylic acids is 1. The van der Waals surface area contributed by atoms with E-state index in [2.05, 4.69) is 6.92 Å². The summed E-state index contributed by atoms with van der Waals surface area (Å²) in [5, 5.41) is 20.6. The number of nitriles is 1. The SMILES string of the molecule is CCCCCCn1c(O)c(C(=O)c2cc(Cl)c(OCC)c(Cl)c2)c(C)c(C#N)c1=O. The fraction of sp³-hybridized carbons (Fsp3) is 0.409. The smallest absolute Gasteiger partial charge is 0.271 e. The van der Waals surface area contributed by atoms with Gasteiger partial charge in [-0.2, -0.15) is 5.26 Å². The van der Waals surface area contributed by atoms with Gasteiger partial charge in [-0.1, -0.05) is 49.4 Å². The number of ether oxygens (including phenoxy) is 1. The maximum atomic E-state index is 13.2. The number of ketones is 1. The molecule has 1 heterocycles. The molecule has 0 saturated heterocycles. The number of unbranched alkanes of at least 4 members (excludes halogenated alkanes) is 3. The zero-order valence-electron chi connectivity index (χ0n) is 17.2. The molecule has 0 fully saturated rings. The zero-order valence-corrected chi connectivity index (χ0v) is 18.7. The fourth-order valence-electron chi connectivity index (χ4n) is 3.24. The van der Waals surface area contributed by atoms with Crippen molar-refractivity contribution in [1.82, 2.24) is 4.57 Å². The van der Waals surface area contributed by atoms with Gasteiger partial charge in [-0.25, -0.2) is 0 Å². The summed E-state index contributed by atoms with van der Waals surface area (Å²) in [4.78, 5) is 25.9. The normalized spacial score (nSPS) is 10.7. The monoisotopic (exact) mass is 450 g/mol. The van der Waals surface area contributed by atoms with Gasteiger partial charge in [0, 0.05) is 12.1 Å². The highest BCUT2D eigenvalue weighted by molar-refractivity contribution is 6.38. The molecular formula is C22H24Cl2N2O4. The molecule has 1 N–H and O–H groups in total. The van der Waals surface area contributed by atoms with Gasteiger partial charge in [0.2, 0.25) is 5.88 Å². The number of hydrogen-bond donors (Lipinski definition) is 1. The third-order valence-corrected chi connectivity index (χ3v) is 5.37. The fourth-order valence-corrected chi connectivity index (χ4v) is 3.84. The number of aromatic nitrogens is 1. The van der Waals surface area contributed by atoms with Crippen LogP contribution >= 0.6 is 23.2 Å². The lowest BCUT2D eigenvalue weighted by Crippen LogP contribution is -2.27. The minimum atomic E-state index is -0.608. The van der Waals surface area contributed by atoms with Crippen LogP contribution in [0.1, 0.15) is 66.6 Å². The summed E-state index contributed by atoms with van der Waals surface area (Å²) in [5.74, 6) is -0.785. The molecule has 0 bridgehead atoms. The van der Waals surface area contributed by atoms with Gasteiger partial charge in [-0.3, -0.25) is 14.2 Å². The molecule has 0 amide bonds. The van der Waals surface area contributed by atoms with E-state index >= 15 is 0 Å². The lowest BCUT2D eigenvalue weighted by molar-refractivity contribution is 0.103. The summed E-state index contributed by atoms with van der Waals surface area (Å²) in [6.45, 7) is 5.87. The Bertz CT molecular complexity index is 1030. The van der Waals surface area contributed by atoms with Crippen LogP contribution in [0, 0.1) is 18.3 Å². The molecule has 30 heavy (non-hydrogen) atoms. The largest absolute Gasteiger partial charge is 0.494 e. The average Bonchev–Trinajstić information content (AvgIpc) is 2.70. The minimum Gasteiger partial charge on any atom is -0.494 e. The van der Waals surface area contributed by atoms with E-state index in [0.717, 1.165) is 23.8 Å². The highest BCUT2D eigenvalue weighted by Crippen LogP contribution is 2.36. The molecule has 0 aliphatic rings. The van der Waals surface area contributed by atoms with Gasteiger partial charge >= 0.3 is 0 Å². The molecular weight excluding hydrogens is 427 g/mol. The molecule has 2 rings (SSSR count). The molecule has 6 nitrogen and oxygen atoms in total. The summed E-state index contributed by atoms with van der Waals surface area (Å²) in [7, 11) is 0. The third-order valence-electron chi connectivity index (χ3n) is 4.81. The van der Waals surface area contributed by atoms with Gasteiger partial charge in [0.25, 0.3) is 5.56 Å². The molecule has 8 heteroatoms. The highest BCUT2D eigenvalue weighted by Gasteiger charge is 2.26. The Morgan fingerprint density at radius 2 is 1.83 bits per heavy atom. The summed E-state index contributed by atoms with van der Waals surface area (Å²) in [5.41, 5.74) is -0.654. The summed E-state index contributed by atoms with van der Waals surface area (Å²) < 4.78 is 6.47. The summed E-state index contributed by atoms with van der Waals surface area (Å²) in [6, 6.07) is 4.64. The Hall–Kier alpha value is -2.49. The van der Waals surface area contributed by atoms with Crippen LogP contribution in [0.5, 0.6) is 11.6 Å². The van der Waals surface area contributed by atoms with E-state index in [-0.39, 0.29) is 44.6 Å². The van der Waals surface area contributed by atoms with Crippen molar-refractivity contribution in [3.05, 3.63) is 54.8 Å². The van der Waals surface area contributed by atoms with Crippen molar-refractivity contribution in [3.63, 3.8) is 0 Å². The number of halogens is 2. The predicted molar refractivity (Wildman–Crippen MR) is 117 cm³/mol. The van der Waals surface area contributed by atoms with Crippen LogP contribution in [0.15, 0.2) is 16.9 Å². The summed E-state index contributed by atoms with van der Waals surface area (Å²) in [6.07, 6.45) is 3.51. The van der Waals surface area contributed by atoms with Crippen molar-refractivity contribution < 1.29 is 14.6 Å². The molecule has 0 aliphatic heterocycles. The number of pyridine rings is 1. The van der Waals surface area contributed by atoms with E-state index in [4.69, 9.17) is 27.9 Å². The second-order valence-electron chi connectivity index (χ2n) is 6.86. The van der Waals surface area contributed by atoms with Crippen LogP contribution in [0.2, 0.25) is 10.0 Å². The van der Waals surface area contributed by atoms with E-state index in [9.17, 15) is 20.0 Å². The van der Waals surface area contributed by atoms with Gasteiger partial charge in [0.15, 0.2) is 11.5 Å². The van der Waals surface area contributed by atoms with Crippen LogP contribution < -0.4 is 10.3 Å². The first-order valence-electron chi connectivity index (χ1n) is 9.81. The van der Waals surface area contributed by atoms with Gasteiger partial charge in [0.1, 0.15) is 11.6 Å². The van der Waals surface area contributed by atoms with Crippen molar-refractivity contribution in [1.29, 1.82) is 5.26 Å². The Kier molecular flexibility index (Phi) is 8.33. The van der Waals surface area contributed by atoms with E-state index < -0.39 is 17.2 Å². The Balaban J connectivity index is 2.59.